The number of hydrogen-bond donors (Lipinski definition) is 1. The normalized spacial score (nSPS) is 18.6. The molecule has 0 radical (unpaired) electrons. The predicted octanol–water partition coefficient (Wildman–Crippen LogP) is 1.04. The van der Waals surface area contributed by atoms with Gasteiger partial charge in [0.2, 0.25) is 0 Å². The van der Waals surface area contributed by atoms with Crippen LogP contribution in [-0.4, -0.2) is 56.2 Å². The molecule has 1 aromatic rings. The number of nitrogen functional groups attached to an aromatic ring is 1. The Bertz CT molecular complexity index is 455. The fourth-order valence-electron chi connectivity index (χ4n) is 2.01. The maximum absolute atomic E-state index is 12.3. The zero-order valence-corrected chi connectivity index (χ0v) is 12.4. The van der Waals surface area contributed by atoms with Crippen LogP contribution in [0.3, 0.4) is 0 Å². The van der Waals surface area contributed by atoms with Crippen LogP contribution in [0, 0.1) is 0 Å². The zero-order valence-electron chi connectivity index (χ0n) is 11.5. The first-order chi connectivity index (χ1) is 8.99. The largest absolute Gasteiger partial charge is 0.382 e. The number of anilines is 2. The monoisotopic (exact) mass is 284 g/mol. The van der Waals surface area contributed by atoms with Crippen LogP contribution in [0.4, 0.5) is 10.9 Å². The molecule has 7 heteroatoms. The topological polar surface area (TPSA) is 71.7 Å². The van der Waals surface area contributed by atoms with Gasteiger partial charge in [-0.05, 0) is 12.8 Å². The molecular weight excluding hydrogens is 264 g/mol. The Morgan fingerprint density at radius 3 is 2.79 bits per heavy atom. The van der Waals surface area contributed by atoms with E-state index < -0.39 is 0 Å². The molecular formula is C12H20N4O2S. The molecule has 1 atom stereocenters. The summed E-state index contributed by atoms with van der Waals surface area (Å²) in [5, 5.41) is 0.742. The van der Waals surface area contributed by atoms with Crippen molar-refractivity contribution in [2.75, 3.05) is 44.9 Å². The molecule has 6 nitrogen and oxygen atoms in total. The molecule has 2 N–H and O–H groups in total. The van der Waals surface area contributed by atoms with Gasteiger partial charge in [0.05, 0.1) is 6.10 Å². The molecule has 106 valence electrons. The molecule has 1 aromatic heterocycles. The highest BCUT2D eigenvalue weighted by molar-refractivity contribution is 7.18. The number of hydrogen-bond acceptors (Lipinski definition) is 6. The molecule has 1 unspecified atom stereocenters. The van der Waals surface area contributed by atoms with Gasteiger partial charge in [0.15, 0.2) is 5.13 Å². The minimum absolute atomic E-state index is 0.0846. The van der Waals surface area contributed by atoms with Crippen molar-refractivity contribution >= 4 is 28.2 Å². The molecule has 0 bridgehead atoms. The van der Waals surface area contributed by atoms with Gasteiger partial charge in [-0.25, -0.2) is 4.98 Å². The molecule has 0 saturated carbocycles. The summed E-state index contributed by atoms with van der Waals surface area (Å²) in [4.78, 5) is 20.5. The number of amides is 1. The molecule has 0 aromatic carbocycles. The van der Waals surface area contributed by atoms with Crippen LogP contribution in [0.5, 0.6) is 0 Å². The summed E-state index contributed by atoms with van der Waals surface area (Å²) in [5.74, 6) is 0.219. The Morgan fingerprint density at radius 2 is 2.26 bits per heavy atom. The fraction of sp³-hybridized carbons (Fsp3) is 0.667. The van der Waals surface area contributed by atoms with E-state index in [1.807, 2.05) is 19.0 Å². The summed E-state index contributed by atoms with van der Waals surface area (Å²) >= 11 is 1.32. The summed E-state index contributed by atoms with van der Waals surface area (Å²) < 4.78 is 5.54. The molecule has 0 spiro atoms. The summed E-state index contributed by atoms with van der Waals surface area (Å²) in [6.45, 7) is 1.40. The van der Waals surface area contributed by atoms with E-state index in [0.29, 0.717) is 17.2 Å². The van der Waals surface area contributed by atoms with Crippen molar-refractivity contribution in [3.8, 4) is 0 Å². The van der Waals surface area contributed by atoms with E-state index >= 15 is 0 Å². The lowest BCUT2D eigenvalue weighted by Gasteiger charge is -2.20. The number of likely N-dealkylation sites (N-methyl/N-ethyl adjacent to an activating group) is 1. The van der Waals surface area contributed by atoms with Gasteiger partial charge >= 0.3 is 0 Å². The first-order valence-corrected chi connectivity index (χ1v) is 7.11. The molecule has 2 rings (SSSR count). The van der Waals surface area contributed by atoms with E-state index in [9.17, 15) is 4.79 Å². The van der Waals surface area contributed by atoms with Crippen molar-refractivity contribution in [3.63, 3.8) is 0 Å². The molecule has 19 heavy (non-hydrogen) atoms. The average molecular weight is 284 g/mol. The Hall–Kier alpha value is -1.34. The smallest absolute Gasteiger partial charge is 0.267 e. The van der Waals surface area contributed by atoms with Crippen molar-refractivity contribution in [2.24, 2.45) is 0 Å². The highest BCUT2D eigenvalue weighted by Crippen LogP contribution is 2.28. The summed E-state index contributed by atoms with van der Waals surface area (Å²) in [6.07, 6.45) is 2.23. The van der Waals surface area contributed by atoms with Crippen LogP contribution in [0.1, 0.15) is 22.5 Å². The van der Waals surface area contributed by atoms with Gasteiger partial charge in [0.25, 0.3) is 5.91 Å². The third-order valence-corrected chi connectivity index (χ3v) is 4.29. The third-order valence-electron chi connectivity index (χ3n) is 3.07. The van der Waals surface area contributed by atoms with Crippen molar-refractivity contribution in [1.29, 1.82) is 0 Å². The van der Waals surface area contributed by atoms with E-state index in [1.165, 1.54) is 11.3 Å². The highest BCUT2D eigenvalue weighted by Gasteiger charge is 2.24. The van der Waals surface area contributed by atoms with E-state index in [-0.39, 0.29) is 12.0 Å². The number of carbonyl (C=O) groups is 1. The lowest BCUT2D eigenvalue weighted by molar-refractivity contribution is 0.0591. The van der Waals surface area contributed by atoms with Crippen LogP contribution < -0.4 is 10.6 Å². The summed E-state index contributed by atoms with van der Waals surface area (Å²) in [7, 11) is 5.53. The zero-order chi connectivity index (χ0) is 14.0. The molecule has 1 aliphatic heterocycles. The minimum Gasteiger partial charge on any atom is -0.382 e. The second kappa shape index (κ2) is 5.75. The van der Waals surface area contributed by atoms with Gasteiger partial charge in [0.1, 0.15) is 10.7 Å². The maximum atomic E-state index is 12.3. The second-order valence-electron chi connectivity index (χ2n) is 4.93. The predicted molar refractivity (Wildman–Crippen MR) is 76.8 cm³/mol. The second-order valence-corrected chi connectivity index (χ2v) is 5.90. The Balaban J connectivity index is 2.05. The van der Waals surface area contributed by atoms with Gasteiger partial charge in [-0.1, -0.05) is 11.3 Å². The standard InChI is InChI=1S/C12H20N4O2S/c1-15(2)12-14-10(13)9(19-12)11(17)16(3)7-8-5-4-6-18-8/h8H,4-7,13H2,1-3H3. The Kier molecular flexibility index (Phi) is 4.26. The van der Waals surface area contributed by atoms with E-state index in [0.717, 1.165) is 24.6 Å². The van der Waals surface area contributed by atoms with Gasteiger partial charge < -0.3 is 20.3 Å². The molecule has 1 amide bonds. The van der Waals surface area contributed by atoms with Gasteiger partial charge in [-0.15, -0.1) is 0 Å². The van der Waals surface area contributed by atoms with Crippen LogP contribution >= 0.6 is 11.3 Å². The van der Waals surface area contributed by atoms with Crippen molar-refractivity contribution in [2.45, 2.75) is 18.9 Å². The number of thiazole rings is 1. The van der Waals surface area contributed by atoms with Crippen LogP contribution in [0.15, 0.2) is 0 Å². The number of ether oxygens (including phenoxy) is 1. The van der Waals surface area contributed by atoms with E-state index in [2.05, 4.69) is 4.98 Å². The van der Waals surface area contributed by atoms with Crippen LogP contribution in [0.25, 0.3) is 0 Å². The highest BCUT2D eigenvalue weighted by atomic mass is 32.1. The molecule has 0 aliphatic carbocycles. The Labute approximate surface area is 117 Å². The molecule has 1 aliphatic rings. The van der Waals surface area contributed by atoms with Crippen molar-refractivity contribution in [3.05, 3.63) is 4.88 Å². The van der Waals surface area contributed by atoms with Crippen LogP contribution in [0.2, 0.25) is 0 Å². The number of nitrogens with zero attached hydrogens (tertiary/aromatic N) is 3. The first kappa shape index (κ1) is 14.1. The van der Waals surface area contributed by atoms with Gasteiger partial charge in [-0.3, -0.25) is 4.79 Å². The molecule has 1 fully saturated rings. The van der Waals surface area contributed by atoms with Gasteiger partial charge in [0, 0.05) is 34.3 Å². The van der Waals surface area contributed by atoms with E-state index in [1.54, 1.807) is 11.9 Å². The number of rotatable bonds is 4. The average Bonchev–Trinajstić information content (AvgIpc) is 2.97. The third kappa shape index (κ3) is 3.16. The van der Waals surface area contributed by atoms with Crippen molar-refractivity contribution in [1.82, 2.24) is 9.88 Å². The van der Waals surface area contributed by atoms with Gasteiger partial charge in [-0.2, -0.15) is 0 Å². The summed E-state index contributed by atoms with van der Waals surface area (Å²) in [5.41, 5.74) is 5.82. The van der Waals surface area contributed by atoms with Crippen LogP contribution in [-0.2, 0) is 4.74 Å². The maximum Gasteiger partial charge on any atom is 0.267 e. The fourth-order valence-corrected chi connectivity index (χ4v) is 2.92. The van der Waals surface area contributed by atoms with E-state index in [4.69, 9.17) is 10.5 Å². The minimum atomic E-state index is -0.0846. The quantitative estimate of drug-likeness (QED) is 0.894. The number of carbonyl (C=O) groups excluding carboxylic acids is 1. The molecule has 2 heterocycles. The lowest BCUT2D eigenvalue weighted by atomic mass is 10.2. The molecule has 1 saturated heterocycles. The Morgan fingerprint density at radius 1 is 1.53 bits per heavy atom. The number of aromatic nitrogens is 1. The lowest BCUT2D eigenvalue weighted by Crippen LogP contribution is -2.34. The summed E-state index contributed by atoms with van der Waals surface area (Å²) in [6, 6.07) is 0. The first-order valence-electron chi connectivity index (χ1n) is 6.29. The SMILES string of the molecule is CN(CC1CCCO1)C(=O)c1sc(N(C)C)nc1N. The van der Waals surface area contributed by atoms with Crippen molar-refractivity contribution < 1.29 is 9.53 Å². The number of nitrogens with two attached hydrogens (primary N) is 1.